The van der Waals surface area contributed by atoms with Crippen molar-refractivity contribution in [2.45, 2.75) is 6.42 Å². The molecule has 0 aliphatic heterocycles. The normalized spacial score (nSPS) is 10.7. The van der Waals surface area contributed by atoms with Crippen molar-refractivity contribution in [3.8, 4) is 11.5 Å². The Bertz CT molecular complexity index is 603. The second kappa shape index (κ2) is 7.80. The summed E-state index contributed by atoms with van der Waals surface area (Å²) in [5.41, 5.74) is 0. The lowest BCUT2D eigenvalue weighted by molar-refractivity contribution is 0.228. The molecule has 0 fully saturated rings. The van der Waals surface area contributed by atoms with Crippen LogP contribution in [0.15, 0.2) is 24.3 Å². The maximum atomic E-state index is 13.5. The first-order valence-electron chi connectivity index (χ1n) is 6.43. The first-order chi connectivity index (χ1) is 10.9. The van der Waals surface area contributed by atoms with Crippen molar-refractivity contribution in [2.24, 2.45) is 0 Å². The maximum absolute atomic E-state index is 13.5. The summed E-state index contributed by atoms with van der Waals surface area (Å²) < 4.78 is 76.1. The Labute approximate surface area is 142 Å². The van der Waals surface area contributed by atoms with Crippen LogP contribution in [0.3, 0.4) is 0 Å². The summed E-state index contributed by atoms with van der Waals surface area (Å²) in [5, 5.41) is 0. The molecule has 0 saturated heterocycles. The largest absolute Gasteiger partial charge is 0.489 e. The highest BCUT2D eigenvalue weighted by atomic mass is 127. The van der Waals surface area contributed by atoms with Gasteiger partial charge in [-0.2, -0.15) is 0 Å². The van der Waals surface area contributed by atoms with Gasteiger partial charge in [-0.25, -0.2) is 22.0 Å². The number of ether oxygens (including phenoxy) is 2. The van der Waals surface area contributed by atoms with Crippen molar-refractivity contribution in [3.05, 3.63) is 56.9 Å². The minimum Gasteiger partial charge on any atom is -0.489 e. The van der Waals surface area contributed by atoms with E-state index in [1.54, 1.807) is 22.6 Å². The van der Waals surface area contributed by atoms with Crippen molar-refractivity contribution in [3.63, 3.8) is 0 Å². The van der Waals surface area contributed by atoms with Crippen LogP contribution in [0.2, 0.25) is 0 Å². The topological polar surface area (TPSA) is 18.5 Å². The molecule has 0 aliphatic carbocycles. The van der Waals surface area contributed by atoms with Crippen LogP contribution in [-0.4, -0.2) is 13.2 Å². The van der Waals surface area contributed by atoms with Gasteiger partial charge in [0.25, 0.3) is 0 Å². The molecule has 0 heterocycles. The average molecular weight is 444 g/mol. The van der Waals surface area contributed by atoms with Gasteiger partial charge in [-0.3, -0.25) is 0 Å². The molecule has 0 spiro atoms. The fraction of sp³-hybridized carbons (Fsp3) is 0.200. The molecule has 2 rings (SSSR count). The second-order valence-electron chi connectivity index (χ2n) is 4.45. The van der Waals surface area contributed by atoms with Gasteiger partial charge in [0.1, 0.15) is 11.6 Å². The van der Waals surface area contributed by atoms with Gasteiger partial charge in [0.15, 0.2) is 29.0 Å². The molecule has 2 aromatic rings. The van der Waals surface area contributed by atoms with Crippen molar-refractivity contribution in [2.75, 3.05) is 13.2 Å². The fourth-order valence-corrected chi connectivity index (χ4v) is 2.45. The number of rotatable bonds is 6. The molecule has 0 bridgehead atoms. The Morgan fingerprint density at radius 2 is 1.13 bits per heavy atom. The van der Waals surface area contributed by atoms with E-state index >= 15 is 0 Å². The highest BCUT2D eigenvalue weighted by Gasteiger charge is 2.13. The van der Waals surface area contributed by atoms with E-state index in [9.17, 15) is 22.0 Å². The van der Waals surface area contributed by atoms with Gasteiger partial charge in [0.2, 0.25) is 0 Å². The minimum absolute atomic E-state index is 0.0109. The van der Waals surface area contributed by atoms with E-state index in [1.165, 1.54) is 0 Å². The van der Waals surface area contributed by atoms with Crippen LogP contribution in [-0.2, 0) is 0 Å². The highest BCUT2D eigenvalue weighted by molar-refractivity contribution is 14.1. The van der Waals surface area contributed by atoms with E-state index in [0.29, 0.717) is 18.2 Å². The smallest absolute Gasteiger partial charge is 0.190 e. The third kappa shape index (κ3) is 4.69. The number of hydrogen-bond acceptors (Lipinski definition) is 2. The minimum atomic E-state index is -1.15. The molecule has 0 radical (unpaired) electrons. The molecular formula is C15H10F5IO2. The van der Waals surface area contributed by atoms with Crippen molar-refractivity contribution >= 4 is 22.6 Å². The highest BCUT2D eigenvalue weighted by Crippen LogP contribution is 2.26. The summed E-state index contributed by atoms with van der Waals surface area (Å²) in [6, 6.07) is 2.81. The van der Waals surface area contributed by atoms with Crippen LogP contribution in [0.25, 0.3) is 0 Å². The Balaban J connectivity index is 1.85. The van der Waals surface area contributed by atoms with E-state index in [4.69, 9.17) is 9.47 Å². The van der Waals surface area contributed by atoms with Gasteiger partial charge in [-0.1, -0.05) is 0 Å². The summed E-state index contributed by atoms with van der Waals surface area (Å²) >= 11 is 1.72. The Morgan fingerprint density at radius 3 is 1.65 bits per heavy atom. The van der Waals surface area contributed by atoms with E-state index in [-0.39, 0.29) is 29.0 Å². The van der Waals surface area contributed by atoms with Gasteiger partial charge >= 0.3 is 0 Å². The first-order valence-corrected chi connectivity index (χ1v) is 7.51. The van der Waals surface area contributed by atoms with Crippen molar-refractivity contribution < 1.29 is 31.4 Å². The molecule has 0 aromatic heterocycles. The lowest BCUT2D eigenvalue weighted by Crippen LogP contribution is -2.08. The first kappa shape index (κ1) is 17.8. The van der Waals surface area contributed by atoms with Crippen LogP contribution in [0.5, 0.6) is 11.5 Å². The van der Waals surface area contributed by atoms with Crippen LogP contribution < -0.4 is 9.47 Å². The quantitative estimate of drug-likeness (QED) is 0.361. The predicted octanol–water partition coefficient (Wildman–Crippen LogP) is 4.83. The molecule has 124 valence electrons. The van der Waals surface area contributed by atoms with Crippen LogP contribution in [0.1, 0.15) is 6.42 Å². The van der Waals surface area contributed by atoms with Gasteiger partial charge in [0, 0.05) is 24.6 Å². The molecule has 0 atom stereocenters. The van der Waals surface area contributed by atoms with E-state index in [1.807, 2.05) is 0 Å². The van der Waals surface area contributed by atoms with Crippen LogP contribution in [0, 0.1) is 32.7 Å². The standard InChI is InChI=1S/C15H10F5IO2/c16-8-4-10(18)14(11(19)5-8)22-2-1-3-23-15-12(20)6-9(17)7-13(15)21/h4-7H,1-3H2. The number of halogens is 6. The summed E-state index contributed by atoms with van der Waals surface area (Å²) in [6.07, 6.45) is 0.184. The molecule has 0 aliphatic rings. The average Bonchev–Trinajstić information content (AvgIpc) is 2.42. The monoisotopic (exact) mass is 444 g/mol. The van der Waals surface area contributed by atoms with Crippen molar-refractivity contribution in [1.29, 1.82) is 0 Å². The van der Waals surface area contributed by atoms with Crippen LogP contribution in [0.4, 0.5) is 22.0 Å². The zero-order valence-corrected chi connectivity index (χ0v) is 13.7. The zero-order chi connectivity index (χ0) is 17.0. The fourth-order valence-electron chi connectivity index (χ4n) is 1.74. The van der Waals surface area contributed by atoms with Gasteiger partial charge < -0.3 is 9.47 Å². The van der Waals surface area contributed by atoms with Gasteiger partial charge in [-0.05, 0) is 28.7 Å². The third-order valence-corrected chi connectivity index (χ3v) is 3.51. The summed E-state index contributed by atoms with van der Waals surface area (Å²) in [5.74, 6) is -5.70. The number of hydrogen-bond donors (Lipinski definition) is 0. The van der Waals surface area contributed by atoms with Gasteiger partial charge in [-0.15, -0.1) is 0 Å². The molecular weight excluding hydrogens is 434 g/mol. The molecule has 23 heavy (non-hydrogen) atoms. The lowest BCUT2D eigenvalue weighted by Gasteiger charge is -2.11. The third-order valence-electron chi connectivity index (χ3n) is 2.71. The van der Waals surface area contributed by atoms with E-state index in [0.717, 1.165) is 6.07 Å². The maximum Gasteiger partial charge on any atom is 0.190 e. The predicted molar refractivity (Wildman–Crippen MR) is 81.0 cm³/mol. The van der Waals surface area contributed by atoms with Gasteiger partial charge in [0.05, 0.1) is 16.8 Å². The summed E-state index contributed by atoms with van der Waals surface area (Å²) in [6.45, 7) is -0.137. The molecule has 2 aromatic carbocycles. The zero-order valence-electron chi connectivity index (χ0n) is 11.5. The molecule has 2 nitrogen and oxygen atoms in total. The second-order valence-corrected chi connectivity index (χ2v) is 5.61. The Kier molecular flexibility index (Phi) is 6.03. The van der Waals surface area contributed by atoms with Crippen molar-refractivity contribution in [1.82, 2.24) is 0 Å². The summed E-state index contributed by atoms with van der Waals surface area (Å²) in [4.78, 5) is 0. The van der Waals surface area contributed by atoms with E-state index < -0.39 is 34.8 Å². The molecule has 0 unspecified atom stereocenters. The summed E-state index contributed by atoms with van der Waals surface area (Å²) in [7, 11) is 0. The molecule has 0 amide bonds. The lowest BCUT2D eigenvalue weighted by atomic mass is 10.3. The Hall–Kier alpha value is -1.58. The van der Waals surface area contributed by atoms with E-state index in [2.05, 4.69) is 0 Å². The molecule has 0 N–H and O–H groups in total. The molecule has 8 heteroatoms. The number of benzene rings is 2. The SMILES string of the molecule is Fc1cc(F)c(OCCCOc2c(F)cc(F)cc2I)c(F)c1. The Morgan fingerprint density at radius 1 is 0.696 bits per heavy atom. The van der Waals surface area contributed by atoms with Crippen LogP contribution >= 0.6 is 22.6 Å². The molecule has 0 saturated carbocycles.